The summed E-state index contributed by atoms with van der Waals surface area (Å²) in [5, 5.41) is 9.34. The van der Waals surface area contributed by atoms with E-state index in [-0.39, 0.29) is 23.6 Å². The van der Waals surface area contributed by atoms with Crippen LogP contribution in [0.1, 0.15) is 58.6 Å². The van der Waals surface area contributed by atoms with Gasteiger partial charge in [-0.1, -0.05) is 18.2 Å². The fourth-order valence-corrected chi connectivity index (χ4v) is 6.45. The van der Waals surface area contributed by atoms with E-state index in [0.29, 0.717) is 43.5 Å². The normalized spacial score (nSPS) is 17.3. The second-order valence-electron chi connectivity index (χ2n) is 8.04. The largest absolute Gasteiger partial charge is 0.480 e. The van der Waals surface area contributed by atoms with E-state index in [9.17, 15) is 23.1 Å². The van der Waals surface area contributed by atoms with Crippen LogP contribution in [0, 0.1) is 6.92 Å². The van der Waals surface area contributed by atoms with Crippen LogP contribution in [0.15, 0.2) is 29.2 Å². The molecule has 4 rings (SSSR count). The number of rotatable bonds is 6. The van der Waals surface area contributed by atoms with Crippen LogP contribution in [0.25, 0.3) is 0 Å². The van der Waals surface area contributed by atoms with Gasteiger partial charge < -0.3 is 9.67 Å². The zero-order valence-corrected chi connectivity index (χ0v) is 17.9. The van der Waals surface area contributed by atoms with Gasteiger partial charge in [-0.3, -0.25) is 9.59 Å². The summed E-state index contributed by atoms with van der Waals surface area (Å²) >= 11 is 0. The van der Waals surface area contributed by atoms with E-state index in [0.717, 1.165) is 29.8 Å². The third-order valence-electron chi connectivity index (χ3n) is 6.17. The molecule has 1 aliphatic carbocycles. The lowest BCUT2D eigenvalue weighted by Crippen LogP contribution is -2.28. The molecule has 2 aliphatic rings. The lowest BCUT2D eigenvalue weighted by Gasteiger charge is -2.19. The molecular weight excluding hydrogens is 404 g/mol. The number of Topliss-reactive ketones (excluding diaryl/α,β-unsaturated/α-hetero) is 1. The van der Waals surface area contributed by atoms with Gasteiger partial charge in [0, 0.05) is 42.9 Å². The molecule has 1 aliphatic heterocycles. The van der Waals surface area contributed by atoms with Crippen molar-refractivity contribution in [3.8, 4) is 0 Å². The lowest BCUT2D eigenvalue weighted by molar-refractivity contribution is -0.137. The van der Waals surface area contributed by atoms with Crippen LogP contribution in [0.3, 0.4) is 0 Å². The Bertz CT molecular complexity index is 1110. The van der Waals surface area contributed by atoms with E-state index >= 15 is 0 Å². The summed E-state index contributed by atoms with van der Waals surface area (Å²) in [5.41, 5.74) is 3.47. The van der Waals surface area contributed by atoms with Crippen molar-refractivity contribution in [3.05, 3.63) is 52.3 Å². The fourth-order valence-electron chi connectivity index (χ4n) is 4.71. The molecule has 8 heteroatoms. The van der Waals surface area contributed by atoms with Crippen LogP contribution in [0.5, 0.6) is 0 Å². The van der Waals surface area contributed by atoms with Crippen molar-refractivity contribution in [2.75, 3.05) is 13.1 Å². The molecule has 1 saturated heterocycles. The van der Waals surface area contributed by atoms with Crippen molar-refractivity contribution in [1.82, 2.24) is 8.87 Å². The summed E-state index contributed by atoms with van der Waals surface area (Å²) in [6.07, 6.45) is 3.80. The first-order valence-corrected chi connectivity index (χ1v) is 11.8. The maximum Gasteiger partial charge on any atom is 0.323 e. The Kier molecular flexibility index (Phi) is 5.55. The number of hydrogen-bond donors (Lipinski definition) is 1. The van der Waals surface area contributed by atoms with Crippen molar-refractivity contribution in [2.24, 2.45) is 0 Å². The highest BCUT2D eigenvalue weighted by Gasteiger charge is 2.32. The summed E-state index contributed by atoms with van der Waals surface area (Å²) in [4.78, 5) is 24.4. The highest BCUT2D eigenvalue weighted by Crippen LogP contribution is 2.33. The number of carboxylic acids is 1. The molecule has 0 unspecified atom stereocenters. The molecule has 0 radical (unpaired) electrons. The SMILES string of the molecule is Cc1c(Cc2ccccc2S(=O)(=O)N2CCCC2)c2c(n1CC(=O)O)CCCC2=O. The maximum atomic E-state index is 13.2. The number of aromatic nitrogens is 1. The predicted molar refractivity (Wildman–Crippen MR) is 111 cm³/mol. The Morgan fingerprint density at radius 1 is 1.10 bits per heavy atom. The Hall–Kier alpha value is -2.45. The molecule has 2 aromatic rings. The summed E-state index contributed by atoms with van der Waals surface area (Å²) in [6.45, 7) is 2.67. The molecule has 0 atom stereocenters. The number of carboxylic acid groups (broad SMARTS) is 1. The standard InChI is InChI=1S/C22H26N2O5S/c1-15-17(22-18(8-6-9-19(22)25)24(15)14-21(26)27)13-16-7-2-3-10-20(16)30(28,29)23-11-4-5-12-23/h2-3,7,10H,4-6,8-9,11-14H2,1H3,(H,26,27). The molecule has 2 heterocycles. The van der Waals surface area contributed by atoms with E-state index in [2.05, 4.69) is 0 Å². The number of benzene rings is 1. The number of carbonyl (C=O) groups is 2. The van der Waals surface area contributed by atoms with Gasteiger partial charge in [0.2, 0.25) is 10.0 Å². The molecule has 1 aromatic heterocycles. The second-order valence-corrected chi connectivity index (χ2v) is 9.94. The van der Waals surface area contributed by atoms with Crippen molar-refractivity contribution in [3.63, 3.8) is 0 Å². The predicted octanol–water partition coefficient (Wildman–Crippen LogP) is 2.78. The monoisotopic (exact) mass is 430 g/mol. The van der Waals surface area contributed by atoms with Gasteiger partial charge in [0.25, 0.3) is 0 Å². The topological polar surface area (TPSA) is 96.7 Å². The molecule has 0 spiro atoms. The molecule has 7 nitrogen and oxygen atoms in total. The molecule has 1 N–H and O–H groups in total. The van der Waals surface area contributed by atoms with Crippen LogP contribution < -0.4 is 0 Å². The highest BCUT2D eigenvalue weighted by atomic mass is 32.2. The van der Waals surface area contributed by atoms with Gasteiger partial charge in [-0.05, 0) is 49.8 Å². The number of carbonyl (C=O) groups excluding carboxylic acids is 1. The maximum absolute atomic E-state index is 13.2. The van der Waals surface area contributed by atoms with Crippen LogP contribution in [0.2, 0.25) is 0 Å². The van der Waals surface area contributed by atoms with Gasteiger partial charge >= 0.3 is 5.97 Å². The van der Waals surface area contributed by atoms with E-state index in [1.54, 1.807) is 28.8 Å². The quantitative estimate of drug-likeness (QED) is 0.760. The zero-order chi connectivity index (χ0) is 21.5. The van der Waals surface area contributed by atoms with Crippen LogP contribution >= 0.6 is 0 Å². The van der Waals surface area contributed by atoms with Crippen molar-refractivity contribution < 1.29 is 23.1 Å². The van der Waals surface area contributed by atoms with Gasteiger partial charge in [0.15, 0.2) is 5.78 Å². The van der Waals surface area contributed by atoms with Crippen molar-refractivity contribution in [2.45, 2.75) is 56.9 Å². The first kappa shape index (κ1) is 20.8. The molecule has 1 aromatic carbocycles. The molecule has 1 fully saturated rings. The van der Waals surface area contributed by atoms with E-state index in [1.807, 2.05) is 6.92 Å². The molecular formula is C22H26N2O5S. The summed E-state index contributed by atoms with van der Waals surface area (Å²) < 4.78 is 29.7. The third kappa shape index (κ3) is 3.58. The number of hydrogen-bond acceptors (Lipinski definition) is 4. The minimum absolute atomic E-state index is 0.0124. The van der Waals surface area contributed by atoms with E-state index in [4.69, 9.17) is 0 Å². The summed E-state index contributed by atoms with van der Waals surface area (Å²) in [7, 11) is -3.60. The lowest BCUT2D eigenvalue weighted by atomic mass is 9.90. The Morgan fingerprint density at radius 3 is 2.50 bits per heavy atom. The van der Waals surface area contributed by atoms with Crippen molar-refractivity contribution in [1.29, 1.82) is 0 Å². The zero-order valence-electron chi connectivity index (χ0n) is 17.1. The van der Waals surface area contributed by atoms with Gasteiger partial charge in [0.05, 0.1) is 4.90 Å². The fraction of sp³-hybridized carbons (Fsp3) is 0.455. The molecule has 0 amide bonds. The van der Waals surface area contributed by atoms with Gasteiger partial charge in [-0.25, -0.2) is 8.42 Å². The van der Waals surface area contributed by atoms with Crippen LogP contribution in [-0.2, 0) is 34.2 Å². The van der Waals surface area contributed by atoms with Crippen molar-refractivity contribution >= 4 is 21.8 Å². The minimum Gasteiger partial charge on any atom is -0.480 e. The second kappa shape index (κ2) is 8.00. The van der Waals surface area contributed by atoms with Gasteiger partial charge in [0.1, 0.15) is 6.54 Å². The number of aliphatic carboxylic acids is 1. The third-order valence-corrected chi connectivity index (χ3v) is 8.17. The number of nitrogens with zero attached hydrogens (tertiary/aromatic N) is 2. The van der Waals surface area contributed by atoms with Gasteiger partial charge in [-0.2, -0.15) is 4.31 Å². The minimum atomic E-state index is -3.60. The number of sulfonamides is 1. The average molecular weight is 431 g/mol. The number of fused-ring (bicyclic) bond motifs is 1. The summed E-state index contributed by atoms with van der Waals surface area (Å²) in [6, 6.07) is 6.93. The molecule has 0 bridgehead atoms. The first-order valence-electron chi connectivity index (χ1n) is 10.3. The molecule has 30 heavy (non-hydrogen) atoms. The van der Waals surface area contributed by atoms with Crippen LogP contribution in [-0.4, -0.2) is 47.2 Å². The Balaban J connectivity index is 1.80. The smallest absolute Gasteiger partial charge is 0.323 e. The molecule has 0 saturated carbocycles. The van der Waals surface area contributed by atoms with E-state index < -0.39 is 16.0 Å². The average Bonchev–Trinajstić information content (AvgIpc) is 3.33. The Morgan fingerprint density at radius 2 is 1.80 bits per heavy atom. The molecule has 160 valence electrons. The highest BCUT2D eigenvalue weighted by molar-refractivity contribution is 7.89. The Labute approximate surface area is 176 Å². The van der Waals surface area contributed by atoms with Crippen LogP contribution in [0.4, 0.5) is 0 Å². The van der Waals surface area contributed by atoms with Gasteiger partial charge in [-0.15, -0.1) is 0 Å². The summed E-state index contributed by atoms with van der Waals surface area (Å²) in [5.74, 6) is -0.948. The van der Waals surface area contributed by atoms with E-state index in [1.165, 1.54) is 4.31 Å². The first-order chi connectivity index (χ1) is 14.3. The number of ketones is 1.